The molecule has 5 nitrogen and oxygen atoms in total. The maximum atomic E-state index is 10.7. The summed E-state index contributed by atoms with van der Waals surface area (Å²) in [7, 11) is 0. The van der Waals surface area contributed by atoms with E-state index < -0.39 is 12.0 Å². The normalized spacial score (nSPS) is 11.9. The van der Waals surface area contributed by atoms with Crippen molar-refractivity contribution in [1.82, 2.24) is 0 Å². The Morgan fingerprint density at radius 3 is 2.59 bits per heavy atom. The number of rotatable bonds is 4. The summed E-state index contributed by atoms with van der Waals surface area (Å²) >= 11 is 11.8. The van der Waals surface area contributed by atoms with Gasteiger partial charge >= 0.3 is 5.97 Å². The number of halogens is 2. The molecule has 7 heteroatoms. The van der Waals surface area contributed by atoms with Gasteiger partial charge in [0.15, 0.2) is 5.96 Å². The van der Waals surface area contributed by atoms with Gasteiger partial charge in [0.05, 0.1) is 22.5 Å². The monoisotopic (exact) mass is 275 g/mol. The van der Waals surface area contributed by atoms with Crippen LogP contribution >= 0.6 is 23.2 Å². The minimum Gasteiger partial charge on any atom is -0.481 e. The van der Waals surface area contributed by atoms with Crippen molar-refractivity contribution in [2.75, 3.05) is 0 Å². The smallest absolute Gasteiger partial charge is 0.305 e. The van der Waals surface area contributed by atoms with Crippen LogP contribution in [0.15, 0.2) is 23.2 Å². The molecule has 0 spiro atoms. The first kappa shape index (κ1) is 13.6. The molecular weight excluding hydrogens is 265 g/mol. The molecule has 0 saturated carbocycles. The molecule has 0 saturated heterocycles. The second-order valence-corrected chi connectivity index (χ2v) is 4.10. The molecule has 5 N–H and O–H groups in total. The van der Waals surface area contributed by atoms with Crippen molar-refractivity contribution in [1.29, 1.82) is 0 Å². The van der Waals surface area contributed by atoms with Gasteiger partial charge < -0.3 is 16.6 Å². The molecule has 1 aromatic carbocycles. The number of carboxylic acids is 1. The molecule has 0 amide bonds. The molecule has 0 aliphatic heterocycles. The number of hydrogen-bond donors (Lipinski definition) is 3. The van der Waals surface area contributed by atoms with Crippen molar-refractivity contribution in [2.24, 2.45) is 16.5 Å². The van der Waals surface area contributed by atoms with E-state index in [9.17, 15) is 4.79 Å². The third-order valence-electron chi connectivity index (χ3n) is 2.01. The van der Waals surface area contributed by atoms with Crippen molar-refractivity contribution in [3.63, 3.8) is 0 Å². The van der Waals surface area contributed by atoms with Crippen molar-refractivity contribution in [3.8, 4) is 0 Å². The molecule has 1 atom stereocenters. The molecule has 0 aliphatic carbocycles. The van der Waals surface area contributed by atoms with Gasteiger partial charge in [0.1, 0.15) is 0 Å². The number of benzene rings is 1. The van der Waals surface area contributed by atoms with Gasteiger partial charge in [-0.15, -0.1) is 0 Å². The van der Waals surface area contributed by atoms with Crippen LogP contribution in [0.3, 0.4) is 0 Å². The van der Waals surface area contributed by atoms with Gasteiger partial charge in [-0.25, -0.2) is 4.99 Å². The van der Waals surface area contributed by atoms with Gasteiger partial charge in [0.25, 0.3) is 0 Å². The number of hydrogen-bond acceptors (Lipinski definition) is 2. The summed E-state index contributed by atoms with van der Waals surface area (Å²) in [5.41, 5.74) is 11.0. The average Bonchev–Trinajstić information content (AvgIpc) is 2.19. The number of nitrogens with zero attached hydrogens (tertiary/aromatic N) is 1. The highest BCUT2D eigenvalue weighted by atomic mass is 35.5. The molecule has 1 unspecified atom stereocenters. The molecule has 0 fully saturated rings. The maximum absolute atomic E-state index is 10.7. The number of carbonyl (C=O) groups is 1. The Morgan fingerprint density at radius 2 is 2.06 bits per heavy atom. The van der Waals surface area contributed by atoms with E-state index in [4.69, 9.17) is 39.8 Å². The molecule has 0 bridgehead atoms. The highest BCUT2D eigenvalue weighted by molar-refractivity contribution is 6.42. The van der Waals surface area contributed by atoms with Gasteiger partial charge in [0, 0.05) is 0 Å². The zero-order chi connectivity index (χ0) is 13.0. The summed E-state index contributed by atoms with van der Waals surface area (Å²) in [6.45, 7) is 0. The van der Waals surface area contributed by atoms with E-state index in [2.05, 4.69) is 4.99 Å². The summed E-state index contributed by atoms with van der Waals surface area (Å²) in [6, 6.07) is 4.14. The van der Waals surface area contributed by atoms with Crippen LogP contribution in [-0.4, -0.2) is 17.0 Å². The van der Waals surface area contributed by atoms with Crippen LogP contribution < -0.4 is 11.5 Å². The second kappa shape index (κ2) is 5.75. The molecule has 92 valence electrons. The number of guanidine groups is 1. The Bertz CT molecular complexity index is 459. The molecule has 0 aromatic heterocycles. The molecule has 1 aromatic rings. The van der Waals surface area contributed by atoms with Gasteiger partial charge in [0.2, 0.25) is 0 Å². The van der Waals surface area contributed by atoms with Crippen LogP contribution in [0.5, 0.6) is 0 Å². The van der Waals surface area contributed by atoms with Crippen molar-refractivity contribution in [2.45, 2.75) is 12.5 Å². The number of aliphatic carboxylic acids is 1. The van der Waals surface area contributed by atoms with Gasteiger partial charge in [-0.1, -0.05) is 35.3 Å². The predicted octanol–water partition coefficient (Wildman–Crippen LogP) is 1.78. The maximum Gasteiger partial charge on any atom is 0.305 e. The summed E-state index contributed by atoms with van der Waals surface area (Å²) in [5, 5.41) is 9.37. The summed E-state index contributed by atoms with van der Waals surface area (Å²) in [6.07, 6.45) is -0.266. The predicted molar refractivity (Wildman–Crippen MR) is 67.3 cm³/mol. The average molecular weight is 276 g/mol. The standard InChI is InChI=1S/C10H11Cl2N3O2/c11-6-3-1-2-5(9(6)12)7(4-8(16)17)15-10(13)14/h1-3,7H,4H2,(H,16,17)(H4,13,14,15). The zero-order valence-electron chi connectivity index (χ0n) is 8.73. The Balaban J connectivity index is 3.17. The van der Waals surface area contributed by atoms with Crippen LogP contribution in [-0.2, 0) is 4.79 Å². The Kier molecular flexibility index (Phi) is 4.60. The molecule has 1 rings (SSSR count). The summed E-state index contributed by atoms with van der Waals surface area (Å²) in [5.74, 6) is -1.23. The second-order valence-electron chi connectivity index (χ2n) is 3.31. The van der Waals surface area contributed by atoms with Crippen molar-refractivity contribution < 1.29 is 9.90 Å². The number of carboxylic acid groups (broad SMARTS) is 1. The van der Waals surface area contributed by atoms with Crippen LogP contribution in [0, 0.1) is 0 Å². The van der Waals surface area contributed by atoms with Crippen molar-refractivity contribution in [3.05, 3.63) is 33.8 Å². The first-order chi connectivity index (χ1) is 7.91. The summed E-state index contributed by atoms with van der Waals surface area (Å²) in [4.78, 5) is 14.6. The Morgan fingerprint density at radius 1 is 1.41 bits per heavy atom. The van der Waals surface area contributed by atoms with Gasteiger partial charge in [-0.2, -0.15) is 0 Å². The fourth-order valence-corrected chi connectivity index (χ4v) is 1.78. The van der Waals surface area contributed by atoms with E-state index >= 15 is 0 Å². The van der Waals surface area contributed by atoms with Crippen LogP contribution in [0.25, 0.3) is 0 Å². The molecular formula is C10H11Cl2N3O2. The van der Waals surface area contributed by atoms with Gasteiger partial charge in [-0.3, -0.25) is 4.79 Å². The highest BCUT2D eigenvalue weighted by Gasteiger charge is 2.18. The fraction of sp³-hybridized carbons (Fsp3) is 0.200. The Hall–Kier alpha value is -1.46. The quantitative estimate of drug-likeness (QED) is 0.576. The number of aliphatic imine (C=N–C) groups is 1. The van der Waals surface area contributed by atoms with E-state index in [1.807, 2.05) is 0 Å². The highest BCUT2D eigenvalue weighted by Crippen LogP contribution is 2.33. The van der Waals surface area contributed by atoms with E-state index in [0.29, 0.717) is 10.6 Å². The Labute approximate surface area is 108 Å². The lowest BCUT2D eigenvalue weighted by Gasteiger charge is -2.13. The van der Waals surface area contributed by atoms with E-state index in [1.165, 1.54) is 0 Å². The largest absolute Gasteiger partial charge is 0.481 e. The minimum atomic E-state index is -1.03. The van der Waals surface area contributed by atoms with Crippen LogP contribution in [0.4, 0.5) is 0 Å². The summed E-state index contributed by atoms with van der Waals surface area (Å²) < 4.78 is 0. The molecule has 17 heavy (non-hydrogen) atoms. The van der Waals surface area contributed by atoms with E-state index in [-0.39, 0.29) is 17.4 Å². The van der Waals surface area contributed by atoms with E-state index in [1.54, 1.807) is 18.2 Å². The molecule has 0 aliphatic rings. The fourth-order valence-electron chi connectivity index (χ4n) is 1.35. The third kappa shape index (κ3) is 3.80. The van der Waals surface area contributed by atoms with Gasteiger partial charge in [-0.05, 0) is 11.6 Å². The van der Waals surface area contributed by atoms with Crippen LogP contribution in [0.1, 0.15) is 18.0 Å². The molecule has 0 heterocycles. The lowest BCUT2D eigenvalue weighted by molar-refractivity contribution is -0.137. The first-order valence-electron chi connectivity index (χ1n) is 4.66. The first-order valence-corrected chi connectivity index (χ1v) is 5.42. The topological polar surface area (TPSA) is 102 Å². The molecule has 0 radical (unpaired) electrons. The lowest BCUT2D eigenvalue weighted by Crippen LogP contribution is -2.24. The van der Waals surface area contributed by atoms with Crippen LogP contribution in [0.2, 0.25) is 10.0 Å². The lowest BCUT2D eigenvalue weighted by atomic mass is 10.0. The minimum absolute atomic E-state index is 0.202. The van der Waals surface area contributed by atoms with E-state index in [0.717, 1.165) is 0 Å². The third-order valence-corrected chi connectivity index (χ3v) is 2.85. The van der Waals surface area contributed by atoms with Crippen molar-refractivity contribution >= 4 is 35.1 Å². The SMILES string of the molecule is NC(N)=NC(CC(=O)O)c1cccc(Cl)c1Cl. The zero-order valence-corrected chi connectivity index (χ0v) is 10.2. The number of nitrogens with two attached hydrogens (primary N) is 2.